The summed E-state index contributed by atoms with van der Waals surface area (Å²) in [5, 5.41) is 7.08. The summed E-state index contributed by atoms with van der Waals surface area (Å²) in [6.07, 6.45) is 0. The van der Waals surface area contributed by atoms with E-state index in [2.05, 4.69) is 10.6 Å². The summed E-state index contributed by atoms with van der Waals surface area (Å²) >= 11 is 1.30. The van der Waals surface area contributed by atoms with Gasteiger partial charge in [0.2, 0.25) is 5.91 Å². The maximum absolute atomic E-state index is 14.0. The quantitative estimate of drug-likeness (QED) is 0.610. The number of thiophene rings is 1. The molecule has 0 unspecified atom stereocenters. The molecule has 0 saturated heterocycles. The number of primary amides is 1. The van der Waals surface area contributed by atoms with E-state index < -0.39 is 17.6 Å². The fourth-order valence-electron chi connectivity index (χ4n) is 2.48. The average Bonchev–Trinajstić information content (AvgIpc) is 3.20. The Kier molecular flexibility index (Phi) is 5.51. The van der Waals surface area contributed by atoms with Crippen LogP contribution in [0.3, 0.4) is 0 Å². The molecule has 6 nitrogen and oxygen atoms in total. The van der Waals surface area contributed by atoms with Gasteiger partial charge in [-0.15, -0.1) is 11.3 Å². The Hall–Kier alpha value is -3.52. The Morgan fingerprint density at radius 3 is 2.43 bits per heavy atom. The van der Waals surface area contributed by atoms with Gasteiger partial charge in [-0.05, 0) is 48.7 Å². The summed E-state index contributed by atoms with van der Waals surface area (Å²) in [6.45, 7) is 1.48. The van der Waals surface area contributed by atoms with E-state index in [0.717, 1.165) is 6.07 Å². The molecule has 1 aromatic heterocycles. The number of amides is 3. The number of carbonyl (C=O) groups is 3. The second kappa shape index (κ2) is 8.01. The number of carbonyl (C=O) groups excluding carboxylic acids is 3. The third-order valence-corrected chi connectivity index (χ3v) is 4.87. The van der Waals surface area contributed by atoms with E-state index in [1.807, 2.05) is 0 Å². The highest BCUT2D eigenvalue weighted by molar-refractivity contribution is 7.12. The maximum atomic E-state index is 14.0. The van der Waals surface area contributed by atoms with Crippen molar-refractivity contribution in [2.45, 2.75) is 6.92 Å². The van der Waals surface area contributed by atoms with Crippen LogP contribution < -0.4 is 16.4 Å². The van der Waals surface area contributed by atoms with Gasteiger partial charge in [-0.25, -0.2) is 4.39 Å². The standard InChI is InChI=1S/C20H16FN3O3S/c1-11-15(21)9-13(18(22)25)10-16(11)24-19(26)12-4-2-5-14(8-12)23-20(27)17-6-3-7-28-17/h2-10H,1H3,(H2,22,25)(H,23,27)(H,24,26). The molecule has 0 atom stereocenters. The van der Waals surface area contributed by atoms with Crippen LogP contribution in [0.15, 0.2) is 53.9 Å². The van der Waals surface area contributed by atoms with Gasteiger partial charge in [0.05, 0.1) is 4.88 Å². The fraction of sp³-hybridized carbons (Fsp3) is 0.0500. The highest BCUT2D eigenvalue weighted by Gasteiger charge is 2.15. The summed E-state index contributed by atoms with van der Waals surface area (Å²) in [5.41, 5.74) is 6.17. The van der Waals surface area contributed by atoms with Gasteiger partial charge >= 0.3 is 0 Å². The van der Waals surface area contributed by atoms with E-state index in [0.29, 0.717) is 10.6 Å². The van der Waals surface area contributed by atoms with Gasteiger partial charge in [0.25, 0.3) is 11.8 Å². The molecule has 0 aliphatic rings. The van der Waals surface area contributed by atoms with Gasteiger partial charge in [-0.3, -0.25) is 14.4 Å². The first-order chi connectivity index (χ1) is 13.3. The van der Waals surface area contributed by atoms with Crippen LogP contribution in [-0.2, 0) is 0 Å². The molecule has 0 spiro atoms. The van der Waals surface area contributed by atoms with Gasteiger partial charge < -0.3 is 16.4 Å². The minimum atomic E-state index is -0.798. The average molecular weight is 397 g/mol. The van der Waals surface area contributed by atoms with Crippen LogP contribution in [0.25, 0.3) is 0 Å². The Balaban J connectivity index is 1.80. The van der Waals surface area contributed by atoms with E-state index in [9.17, 15) is 18.8 Å². The number of benzene rings is 2. The molecule has 0 saturated carbocycles. The fourth-order valence-corrected chi connectivity index (χ4v) is 3.10. The predicted octanol–water partition coefficient (Wildman–Crippen LogP) is 3.80. The van der Waals surface area contributed by atoms with E-state index >= 15 is 0 Å². The number of nitrogens with one attached hydrogen (secondary N) is 2. The van der Waals surface area contributed by atoms with Crippen LogP contribution in [0, 0.1) is 12.7 Å². The molecular weight excluding hydrogens is 381 g/mol. The number of nitrogens with two attached hydrogens (primary N) is 1. The van der Waals surface area contributed by atoms with Gasteiger partial charge in [-0.2, -0.15) is 0 Å². The summed E-state index contributed by atoms with van der Waals surface area (Å²) in [7, 11) is 0. The predicted molar refractivity (Wildman–Crippen MR) is 106 cm³/mol. The van der Waals surface area contributed by atoms with Crippen molar-refractivity contribution in [3.63, 3.8) is 0 Å². The monoisotopic (exact) mass is 397 g/mol. The Bertz CT molecular complexity index is 1060. The third-order valence-electron chi connectivity index (χ3n) is 4.00. The maximum Gasteiger partial charge on any atom is 0.265 e. The van der Waals surface area contributed by atoms with Crippen LogP contribution in [0.1, 0.15) is 36.0 Å². The molecule has 0 bridgehead atoms. The zero-order valence-corrected chi connectivity index (χ0v) is 15.6. The van der Waals surface area contributed by atoms with E-state index in [-0.39, 0.29) is 28.3 Å². The number of hydrogen-bond acceptors (Lipinski definition) is 4. The van der Waals surface area contributed by atoms with Crippen LogP contribution in [-0.4, -0.2) is 17.7 Å². The molecule has 3 aromatic rings. The van der Waals surface area contributed by atoms with Crippen molar-refractivity contribution >= 4 is 40.4 Å². The van der Waals surface area contributed by atoms with Crippen molar-refractivity contribution < 1.29 is 18.8 Å². The van der Waals surface area contributed by atoms with E-state index in [1.54, 1.807) is 35.7 Å². The van der Waals surface area contributed by atoms with Crippen molar-refractivity contribution in [3.8, 4) is 0 Å². The van der Waals surface area contributed by atoms with E-state index in [1.165, 1.54) is 30.4 Å². The molecule has 0 radical (unpaired) electrons. The summed E-state index contributed by atoms with van der Waals surface area (Å²) < 4.78 is 14.0. The van der Waals surface area contributed by atoms with Crippen LogP contribution in [0.4, 0.5) is 15.8 Å². The number of rotatable bonds is 5. The Labute approximate surface area is 164 Å². The van der Waals surface area contributed by atoms with Crippen LogP contribution >= 0.6 is 11.3 Å². The van der Waals surface area contributed by atoms with Crippen molar-refractivity contribution in [3.05, 3.63) is 81.3 Å². The Morgan fingerprint density at radius 2 is 1.75 bits per heavy atom. The minimum absolute atomic E-state index is 0.0460. The zero-order valence-electron chi connectivity index (χ0n) is 14.8. The van der Waals surface area contributed by atoms with Crippen molar-refractivity contribution in [2.75, 3.05) is 10.6 Å². The number of halogens is 1. The van der Waals surface area contributed by atoms with Gasteiger partial charge in [-0.1, -0.05) is 12.1 Å². The lowest BCUT2D eigenvalue weighted by atomic mass is 10.1. The first kappa shape index (κ1) is 19.2. The molecule has 3 rings (SSSR count). The molecule has 0 aliphatic carbocycles. The molecule has 8 heteroatoms. The first-order valence-electron chi connectivity index (χ1n) is 8.21. The molecule has 4 N–H and O–H groups in total. The lowest BCUT2D eigenvalue weighted by Crippen LogP contribution is -2.17. The lowest BCUT2D eigenvalue weighted by molar-refractivity contribution is 0.0995. The third kappa shape index (κ3) is 4.24. The molecule has 28 heavy (non-hydrogen) atoms. The van der Waals surface area contributed by atoms with Crippen molar-refractivity contribution in [1.82, 2.24) is 0 Å². The normalized spacial score (nSPS) is 10.4. The molecule has 142 valence electrons. The van der Waals surface area contributed by atoms with Gasteiger partial charge in [0.15, 0.2) is 0 Å². The second-order valence-electron chi connectivity index (χ2n) is 5.96. The summed E-state index contributed by atoms with van der Waals surface area (Å²) in [4.78, 5) is 36.6. The highest BCUT2D eigenvalue weighted by Crippen LogP contribution is 2.22. The second-order valence-corrected chi connectivity index (χ2v) is 6.91. The molecule has 2 aromatic carbocycles. The number of hydrogen-bond donors (Lipinski definition) is 3. The molecule has 0 fully saturated rings. The zero-order chi connectivity index (χ0) is 20.3. The van der Waals surface area contributed by atoms with E-state index in [4.69, 9.17) is 5.73 Å². The summed E-state index contributed by atoms with van der Waals surface area (Å²) in [5.74, 6) is -2.24. The molecule has 0 aliphatic heterocycles. The largest absolute Gasteiger partial charge is 0.366 e. The SMILES string of the molecule is Cc1c(F)cc(C(N)=O)cc1NC(=O)c1cccc(NC(=O)c2cccs2)c1. The molecule has 3 amide bonds. The molecular formula is C20H16FN3O3S. The minimum Gasteiger partial charge on any atom is -0.366 e. The lowest BCUT2D eigenvalue weighted by Gasteiger charge is -2.12. The Morgan fingerprint density at radius 1 is 0.964 bits per heavy atom. The van der Waals surface area contributed by atoms with Crippen LogP contribution in [0.5, 0.6) is 0 Å². The van der Waals surface area contributed by atoms with Gasteiger partial charge in [0, 0.05) is 28.1 Å². The van der Waals surface area contributed by atoms with Crippen molar-refractivity contribution in [1.29, 1.82) is 0 Å². The molecule has 1 heterocycles. The number of anilines is 2. The summed E-state index contributed by atoms with van der Waals surface area (Å²) in [6, 6.07) is 12.1. The highest BCUT2D eigenvalue weighted by atomic mass is 32.1. The van der Waals surface area contributed by atoms with Gasteiger partial charge in [0.1, 0.15) is 5.82 Å². The smallest absolute Gasteiger partial charge is 0.265 e. The van der Waals surface area contributed by atoms with Crippen LogP contribution in [0.2, 0.25) is 0 Å². The topological polar surface area (TPSA) is 101 Å². The first-order valence-corrected chi connectivity index (χ1v) is 9.09. The van der Waals surface area contributed by atoms with Crippen molar-refractivity contribution in [2.24, 2.45) is 5.73 Å².